The first-order valence-corrected chi connectivity index (χ1v) is 55.1. The molecular weight excluding hydrogens is 1840 g/mol. The van der Waals surface area contributed by atoms with Crippen molar-refractivity contribution >= 4 is 93.0 Å². The first-order chi connectivity index (χ1) is 62.1. The van der Waals surface area contributed by atoms with E-state index < -0.39 is 0 Å². The second-order valence-electron chi connectivity index (χ2n) is 33.2. The number of hydrogen-bond donors (Lipinski definition) is 2. The van der Waals surface area contributed by atoms with Crippen LogP contribution in [0.4, 0.5) is 0 Å². The average molecular weight is 2020 g/mol. The van der Waals surface area contributed by atoms with E-state index >= 15 is 0 Å². The van der Waals surface area contributed by atoms with Crippen LogP contribution in [-0.4, -0.2) is 363 Å². The van der Waals surface area contributed by atoms with E-state index in [1.54, 1.807) is 0 Å². The molecule has 129 heavy (non-hydrogen) atoms. The van der Waals surface area contributed by atoms with Crippen LogP contribution >= 0.6 is 86.5 Å². The number of carbonyl (C=O) groups is 1. The van der Waals surface area contributed by atoms with Crippen molar-refractivity contribution in [3.8, 4) is 0 Å². The van der Waals surface area contributed by atoms with E-state index in [1.807, 2.05) is 77.6 Å². The molecule has 3 aliphatic rings. The standard InChI is InChI=1S/2C18H30N2OS.C17H28N2OS.2C16H28N2S.C10H13BrS.C6H16N2.CH2O3.2K.H/c2*1-19(9-5-11-20-12-14-21-15-13-20)10-6-16-22-17-18-7-3-2-4-8-18;1-2-6-17(7-3-1)16-21-15-5-9-18-8-4-10-19-11-13-20-14-12-19;2*1-17(2)11-7-12-18(3)13-8-14-19-15-16-9-5-4-6-10-16;11-7-4-8-12-9-10-5-2-1-3-6-10;1-7-5-4-6-8(2)3;2-1-4-3;;;/h2*2-4,7-8H,5-6,9-17H2,1H3;1-3,6-7,18H,4-5,8-16H2;2*4-6,9-10H,7-8,11-15H2,1-3H3;1-3,5-6H,4,7-9H2;7H,4-6H2,1-3H3;1,3H;;;/q;;;;;;;;2*+1;-1/p-1. The molecule has 0 spiro atoms. The minimum Gasteiger partial charge on any atom is -1.00 e. The molecule has 724 valence electrons. The first-order valence-electron chi connectivity index (χ1n) is 47.0. The minimum absolute atomic E-state index is 0. The van der Waals surface area contributed by atoms with Crippen LogP contribution in [-0.2, 0) is 58.4 Å². The number of benzene rings is 6. The number of alkyl halides is 1. The van der Waals surface area contributed by atoms with Crippen LogP contribution in [0.25, 0.3) is 0 Å². The van der Waals surface area contributed by atoms with Crippen LogP contribution in [0, 0.1) is 0 Å². The maximum Gasteiger partial charge on any atom is 1.00 e. The Kier molecular flexibility index (Phi) is 98.2. The third-order valence-electron chi connectivity index (χ3n) is 20.6. The molecular formula is C102H175BrK2N12O6S6. The molecule has 0 unspecified atom stereocenters. The summed E-state index contributed by atoms with van der Waals surface area (Å²) in [6, 6.07) is 64.3. The number of nitrogens with one attached hydrogen (secondary N) is 2. The maximum atomic E-state index is 8.64. The number of carbonyl (C=O) groups excluding carboxylic acids is 1. The van der Waals surface area contributed by atoms with E-state index in [0.717, 1.165) is 138 Å². The van der Waals surface area contributed by atoms with Gasteiger partial charge in [0.15, 0.2) is 0 Å². The van der Waals surface area contributed by atoms with Gasteiger partial charge in [0.1, 0.15) is 0 Å². The summed E-state index contributed by atoms with van der Waals surface area (Å²) >= 11 is 15.6. The minimum atomic E-state index is -0.181. The second kappa shape index (κ2) is 98.2. The number of hydrogen-bond acceptors (Lipinski definition) is 24. The van der Waals surface area contributed by atoms with Crippen LogP contribution in [0.1, 0.15) is 112 Å². The third-order valence-corrected chi connectivity index (χ3v) is 27.8. The first kappa shape index (κ1) is 129. The molecule has 0 atom stereocenters. The van der Waals surface area contributed by atoms with Gasteiger partial charge in [0.25, 0.3) is 6.47 Å². The van der Waals surface area contributed by atoms with Gasteiger partial charge >= 0.3 is 103 Å². The van der Waals surface area contributed by atoms with Crippen molar-refractivity contribution in [1.82, 2.24) is 59.6 Å². The Hall–Kier alpha value is 0.00273. The van der Waals surface area contributed by atoms with Crippen LogP contribution < -0.4 is 119 Å². The number of halogens is 1. The van der Waals surface area contributed by atoms with Crippen molar-refractivity contribution in [2.75, 3.05) is 308 Å². The van der Waals surface area contributed by atoms with Gasteiger partial charge in [0, 0.05) is 79.1 Å². The summed E-state index contributed by atoms with van der Waals surface area (Å²) in [5.41, 5.74) is 8.61. The Balaban J connectivity index is 0. The molecule has 18 nitrogen and oxygen atoms in total. The zero-order valence-corrected chi connectivity index (χ0v) is 95.6. The average Bonchev–Trinajstić information content (AvgIpc) is 0.909. The summed E-state index contributed by atoms with van der Waals surface area (Å²) in [5.74, 6) is 14.4. The van der Waals surface area contributed by atoms with E-state index in [4.69, 9.17) is 24.3 Å². The Morgan fingerprint density at radius 2 is 0.558 bits per heavy atom. The molecule has 0 aromatic heterocycles. The van der Waals surface area contributed by atoms with Gasteiger partial charge in [-0.1, -0.05) is 198 Å². The predicted octanol–water partition coefficient (Wildman–Crippen LogP) is 11.4. The maximum absolute atomic E-state index is 8.64. The zero-order valence-electron chi connectivity index (χ0n) is 83.8. The number of thioether (sulfide) groups is 6. The molecule has 0 saturated carbocycles. The number of nitrogens with zero attached hydrogens (tertiary/aromatic N) is 10. The largest absolute Gasteiger partial charge is 1.00 e. The normalized spacial score (nSPS) is 13.3. The number of ether oxygens (including phenoxy) is 3. The van der Waals surface area contributed by atoms with Gasteiger partial charge in [-0.05, 0) is 334 Å². The van der Waals surface area contributed by atoms with Gasteiger partial charge in [-0.15, -0.1) is 0 Å². The summed E-state index contributed by atoms with van der Waals surface area (Å²) in [6.45, 7) is 32.2. The monoisotopic (exact) mass is 2010 g/mol. The van der Waals surface area contributed by atoms with Crippen molar-refractivity contribution < 1.29 is 133 Å². The fourth-order valence-electron chi connectivity index (χ4n) is 13.3. The molecule has 0 aliphatic carbocycles. The summed E-state index contributed by atoms with van der Waals surface area (Å²) in [6.07, 6.45) is 15.2. The van der Waals surface area contributed by atoms with E-state index in [9.17, 15) is 0 Å². The van der Waals surface area contributed by atoms with Crippen molar-refractivity contribution in [1.29, 1.82) is 0 Å². The second-order valence-corrected chi connectivity index (χ2v) is 40.6. The topological polar surface area (TPSA) is 134 Å². The molecule has 27 heteroatoms. The van der Waals surface area contributed by atoms with Crippen LogP contribution in [0.15, 0.2) is 182 Å². The van der Waals surface area contributed by atoms with Crippen LogP contribution in [0.2, 0.25) is 0 Å². The molecule has 3 aliphatic heterocycles. The van der Waals surface area contributed by atoms with Gasteiger partial charge in [0.05, 0.1) is 39.6 Å². The van der Waals surface area contributed by atoms with Gasteiger partial charge in [-0.3, -0.25) is 19.5 Å². The third kappa shape index (κ3) is 88.0. The Morgan fingerprint density at radius 1 is 0.333 bits per heavy atom. The Morgan fingerprint density at radius 3 is 0.806 bits per heavy atom. The van der Waals surface area contributed by atoms with Crippen molar-refractivity contribution in [2.45, 2.75) is 112 Å². The van der Waals surface area contributed by atoms with E-state index in [0.29, 0.717) is 0 Å². The van der Waals surface area contributed by atoms with Crippen LogP contribution in [0.5, 0.6) is 0 Å². The quantitative estimate of drug-likeness (QED) is 0.00936. The molecule has 6 aromatic carbocycles. The van der Waals surface area contributed by atoms with Gasteiger partial charge in [0.2, 0.25) is 0 Å². The van der Waals surface area contributed by atoms with Gasteiger partial charge in [-0.2, -0.15) is 70.6 Å². The summed E-state index contributed by atoms with van der Waals surface area (Å²) in [5, 5.41) is 16.2. The molecule has 2 N–H and O–H groups in total. The smallest absolute Gasteiger partial charge is 1.00 e. The molecule has 6 aromatic rings. The van der Waals surface area contributed by atoms with Crippen molar-refractivity contribution in [3.05, 3.63) is 215 Å². The number of morpholine rings is 3. The predicted molar refractivity (Wildman–Crippen MR) is 567 cm³/mol. The molecule has 3 fully saturated rings. The van der Waals surface area contributed by atoms with E-state index in [-0.39, 0.29) is 111 Å². The number of rotatable bonds is 60. The van der Waals surface area contributed by atoms with Crippen LogP contribution in [0.3, 0.4) is 0 Å². The van der Waals surface area contributed by atoms with Gasteiger partial charge in [-0.25, -0.2) is 0 Å². The van der Waals surface area contributed by atoms with Crippen molar-refractivity contribution in [2.24, 2.45) is 0 Å². The molecule has 3 saturated heterocycles. The Labute approximate surface area is 909 Å². The SMILES string of the molecule is BrCCCSCc1ccccc1.CN(C)CCCN(C)CCCSCc1ccccc1.CN(C)CCCN(C)CCCSCc1ccccc1.CN(CCCSCc1ccccc1)CCCN1CCOCC1.CN(CCCSCc1ccccc1)CCCN1CCOCC1.CNCCCN(C)C.O=CO[O-].[H-].[K+].[K+].c1ccc(CSCCCNCCCN2CCOCC2)cc1. The molecule has 0 radical (unpaired) electrons. The fourth-order valence-corrected chi connectivity index (χ4v) is 19.4. The zero-order chi connectivity index (χ0) is 91.8. The summed E-state index contributed by atoms with van der Waals surface area (Å²) < 4.78 is 16.1. The molecule has 3 heterocycles. The van der Waals surface area contributed by atoms with E-state index in [1.165, 1.54) is 237 Å². The van der Waals surface area contributed by atoms with E-state index in [2.05, 4.69) is 333 Å². The Bertz CT molecular complexity index is 3090. The molecule has 0 amide bonds. The summed E-state index contributed by atoms with van der Waals surface area (Å²) in [7, 11) is 23.7. The van der Waals surface area contributed by atoms with Gasteiger partial charge < -0.3 is 70.7 Å². The van der Waals surface area contributed by atoms with Crippen molar-refractivity contribution in [3.63, 3.8) is 0 Å². The molecule has 9 rings (SSSR count). The summed E-state index contributed by atoms with van der Waals surface area (Å²) in [4.78, 5) is 35.3. The fraction of sp³-hybridized carbons (Fsp3) is 0.637. The molecule has 0 bridgehead atoms.